The third kappa shape index (κ3) is 10.6. The van der Waals surface area contributed by atoms with Crippen LogP contribution in [0.4, 0.5) is 5.82 Å². The second-order valence-corrected chi connectivity index (χ2v) is 14.2. The molecule has 3 aromatic rings. The number of nitrogens with two attached hydrogens (primary N) is 1. The molecular weight excluding hydrogens is 666 g/mol. The molecule has 1 aromatic carbocycles. The summed E-state index contributed by atoms with van der Waals surface area (Å²) in [5.74, 6) is 0.732. The molecule has 2 aliphatic rings. The number of hydrogen-bond acceptors (Lipinski definition) is 12. The second-order valence-electron chi connectivity index (χ2n) is 14.2. The second kappa shape index (κ2) is 19.5. The summed E-state index contributed by atoms with van der Waals surface area (Å²) in [5.41, 5.74) is 9.48. The van der Waals surface area contributed by atoms with Gasteiger partial charge < -0.3 is 39.6 Å². The maximum absolute atomic E-state index is 11.5. The molecule has 5 rings (SSSR count). The van der Waals surface area contributed by atoms with Gasteiger partial charge in [-0.05, 0) is 37.4 Å². The Labute approximate surface area is 306 Å². The van der Waals surface area contributed by atoms with Crippen LogP contribution in [0.3, 0.4) is 0 Å². The van der Waals surface area contributed by atoms with Crippen molar-refractivity contribution in [1.29, 1.82) is 0 Å². The number of rotatable bonds is 23. The highest BCUT2D eigenvalue weighted by molar-refractivity contribution is 6.12. The Bertz CT molecular complexity index is 1630. The zero-order valence-corrected chi connectivity index (χ0v) is 30.9. The molecule has 0 saturated carbocycles. The first-order valence-corrected chi connectivity index (χ1v) is 18.8. The van der Waals surface area contributed by atoms with Crippen LogP contribution in [0.5, 0.6) is 0 Å². The maximum Gasteiger partial charge on any atom is 0.253 e. The number of anilines is 1. The number of hydrogen-bond donors (Lipinski definition) is 3. The molecule has 0 radical (unpaired) electrons. The fourth-order valence-corrected chi connectivity index (χ4v) is 6.67. The van der Waals surface area contributed by atoms with E-state index in [4.69, 9.17) is 29.9 Å². The summed E-state index contributed by atoms with van der Waals surface area (Å²) in [5, 5.41) is 21.1. The van der Waals surface area contributed by atoms with Crippen LogP contribution in [0, 0.1) is 5.41 Å². The molecule has 0 atom stereocenters. The molecule has 2 amide bonds. The summed E-state index contributed by atoms with van der Waals surface area (Å²) in [7, 11) is 0. The van der Waals surface area contributed by atoms with Crippen molar-refractivity contribution in [3.05, 3.63) is 41.7 Å². The summed E-state index contributed by atoms with van der Waals surface area (Å²) in [6.45, 7) is 13.4. The Morgan fingerprint density at radius 3 is 2.06 bits per heavy atom. The van der Waals surface area contributed by atoms with Gasteiger partial charge in [0.2, 0.25) is 0 Å². The average molecular weight is 724 g/mol. The fraction of sp³-hybridized carbons (Fsp3) is 0.632. The van der Waals surface area contributed by atoms with E-state index in [-0.39, 0.29) is 31.6 Å². The number of benzene rings is 1. The predicted molar refractivity (Wildman–Crippen MR) is 200 cm³/mol. The van der Waals surface area contributed by atoms with Gasteiger partial charge in [0.05, 0.1) is 70.4 Å². The van der Waals surface area contributed by atoms with Gasteiger partial charge in [-0.25, -0.2) is 9.97 Å². The van der Waals surface area contributed by atoms with Gasteiger partial charge in [0.1, 0.15) is 11.3 Å². The average Bonchev–Trinajstić information content (AvgIpc) is 3.68. The number of imide groups is 1. The number of aliphatic hydroxyl groups is 2. The maximum atomic E-state index is 11.5. The van der Waals surface area contributed by atoms with Crippen LogP contribution < -0.4 is 5.73 Å². The predicted octanol–water partition coefficient (Wildman–Crippen LogP) is 2.03. The van der Waals surface area contributed by atoms with Crippen molar-refractivity contribution in [3.63, 3.8) is 0 Å². The first-order valence-electron chi connectivity index (χ1n) is 18.8. The third-order valence-electron chi connectivity index (χ3n) is 9.97. The highest BCUT2D eigenvalue weighted by Gasteiger charge is 2.27. The number of piperazine rings is 1. The number of aliphatic hydroxyl groups excluding tert-OH is 2. The number of aryl methyl sites for hydroxylation is 2. The quantitative estimate of drug-likeness (QED) is 0.0964. The van der Waals surface area contributed by atoms with E-state index in [0.717, 1.165) is 98.5 Å². The smallest absolute Gasteiger partial charge is 0.253 e. The Kier molecular flexibility index (Phi) is 14.9. The van der Waals surface area contributed by atoms with E-state index >= 15 is 0 Å². The Morgan fingerprint density at radius 1 is 0.808 bits per heavy atom. The molecule has 2 aromatic heterocycles. The lowest BCUT2D eigenvalue weighted by molar-refractivity contribution is -0.137. The Hall–Kier alpha value is -3.50. The van der Waals surface area contributed by atoms with Gasteiger partial charge in [-0.2, -0.15) is 0 Å². The van der Waals surface area contributed by atoms with Crippen molar-refractivity contribution in [2.45, 2.75) is 52.5 Å². The molecule has 286 valence electrons. The van der Waals surface area contributed by atoms with Gasteiger partial charge in [0, 0.05) is 68.6 Å². The number of nitrogen functional groups attached to an aromatic ring is 1. The van der Waals surface area contributed by atoms with E-state index in [0.29, 0.717) is 57.5 Å². The summed E-state index contributed by atoms with van der Waals surface area (Å²) in [6.07, 6.45) is 7.37. The molecule has 0 bridgehead atoms. The topological polar surface area (TPSA) is 169 Å². The number of amides is 2. The van der Waals surface area contributed by atoms with Gasteiger partial charge in [-0.1, -0.05) is 32.4 Å². The molecule has 1 saturated heterocycles. The number of pyridine rings is 1. The molecule has 0 spiro atoms. The van der Waals surface area contributed by atoms with Crippen LogP contribution >= 0.6 is 0 Å². The van der Waals surface area contributed by atoms with E-state index in [9.17, 15) is 19.8 Å². The lowest BCUT2D eigenvalue weighted by atomic mass is 9.92. The number of aromatic nitrogens is 3. The van der Waals surface area contributed by atoms with Gasteiger partial charge in [-0.3, -0.25) is 19.4 Å². The lowest BCUT2D eigenvalue weighted by Crippen LogP contribution is -2.47. The molecule has 0 unspecified atom stereocenters. The minimum Gasteiger partial charge on any atom is -0.396 e. The van der Waals surface area contributed by atoms with Crippen LogP contribution in [0.1, 0.15) is 44.5 Å². The monoisotopic (exact) mass is 723 g/mol. The van der Waals surface area contributed by atoms with E-state index in [1.165, 1.54) is 17.7 Å². The molecule has 4 N–H and O–H groups in total. The summed E-state index contributed by atoms with van der Waals surface area (Å²) < 4.78 is 18.9. The normalized spacial score (nSPS) is 16.0. The number of fused-ring (bicyclic) bond motifs is 3. The van der Waals surface area contributed by atoms with E-state index < -0.39 is 5.41 Å². The van der Waals surface area contributed by atoms with Crippen molar-refractivity contribution in [1.82, 2.24) is 29.2 Å². The number of carbonyl (C=O) groups excluding carboxylic acids is 2. The number of imidazole rings is 1. The highest BCUT2D eigenvalue weighted by Crippen LogP contribution is 2.32. The van der Waals surface area contributed by atoms with Crippen LogP contribution in [0.25, 0.3) is 21.9 Å². The molecule has 0 aliphatic carbocycles. The van der Waals surface area contributed by atoms with E-state index in [1.807, 2.05) is 6.92 Å². The van der Waals surface area contributed by atoms with E-state index in [2.05, 4.69) is 39.5 Å². The molecule has 2 aliphatic heterocycles. The number of unbranched alkanes of at least 4 members (excludes halogenated alkanes) is 1. The fourth-order valence-electron chi connectivity index (χ4n) is 6.67. The van der Waals surface area contributed by atoms with Crippen LogP contribution in [-0.4, -0.2) is 150 Å². The summed E-state index contributed by atoms with van der Waals surface area (Å²) in [4.78, 5) is 38.8. The van der Waals surface area contributed by atoms with Crippen LogP contribution in [0.15, 0.2) is 30.4 Å². The SMILES string of the molecule is CCCCc1nc2c(N)nc3cc(CCCN4CCN(CCOCCOCCOCCN5C(=O)C=CC5=O)CC4)ccc3c2n1CC(C)(CO)CO. The first kappa shape index (κ1) is 39.7. The van der Waals surface area contributed by atoms with Crippen LogP contribution in [0.2, 0.25) is 0 Å². The largest absolute Gasteiger partial charge is 0.396 e. The third-order valence-corrected chi connectivity index (χ3v) is 9.97. The van der Waals surface area contributed by atoms with Gasteiger partial charge in [-0.15, -0.1) is 0 Å². The van der Waals surface area contributed by atoms with Crippen molar-refractivity contribution in [2.24, 2.45) is 5.41 Å². The van der Waals surface area contributed by atoms with E-state index in [1.54, 1.807) is 0 Å². The molecular formula is C38H57N7O7. The molecule has 14 heteroatoms. The Balaban J connectivity index is 0.990. The molecule has 1 fully saturated rings. The van der Waals surface area contributed by atoms with Crippen molar-refractivity contribution in [3.8, 4) is 0 Å². The minimum atomic E-state index is -0.686. The molecule has 4 heterocycles. The van der Waals surface area contributed by atoms with Gasteiger partial charge in [0.15, 0.2) is 5.82 Å². The minimum absolute atomic E-state index is 0.130. The number of ether oxygens (including phenoxy) is 3. The number of carbonyl (C=O) groups is 2. The van der Waals surface area contributed by atoms with Gasteiger partial charge in [0.25, 0.3) is 11.8 Å². The Morgan fingerprint density at radius 2 is 1.42 bits per heavy atom. The van der Waals surface area contributed by atoms with Gasteiger partial charge >= 0.3 is 0 Å². The lowest BCUT2D eigenvalue weighted by Gasteiger charge is -2.34. The standard InChI is InChI=1S/C38H57N7O7/c1-3-4-7-32-41-35-36(45(32)26-38(2,27-46)28-47)30-9-8-29(25-31(30)40-37(35)39)6-5-12-42-13-15-43(16-14-42)17-19-50-21-23-52-24-22-51-20-18-44-33(48)10-11-34(44)49/h8-11,25,46-47H,3-7,12-24,26-28H2,1-2H3,(H2,39,40). The first-order chi connectivity index (χ1) is 25.2. The highest BCUT2D eigenvalue weighted by atomic mass is 16.5. The molecule has 52 heavy (non-hydrogen) atoms. The number of nitrogens with zero attached hydrogens (tertiary/aromatic N) is 6. The zero-order chi connectivity index (χ0) is 36.9. The summed E-state index contributed by atoms with van der Waals surface area (Å²) >= 11 is 0. The van der Waals surface area contributed by atoms with Crippen LogP contribution in [-0.2, 0) is 43.2 Å². The van der Waals surface area contributed by atoms with Crippen molar-refractivity contribution in [2.75, 3.05) is 104 Å². The molecule has 14 nitrogen and oxygen atoms in total. The van der Waals surface area contributed by atoms with Crippen molar-refractivity contribution >= 4 is 39.6 Å². The van der Waals surface area contributed by atoms with Crippen molar-refractivity contribution < 1.29 is 34.0 Å². The summed E-state index contributed by atoms with van der Waals surface area (Å²) in [6, 6.07) is 6.45. The zero-order valence-electron chi connectivity index (χ0n) is 30.9.